The van der Waals surface area contributed by atoms with Gasteiger partial charge in [0.1, 0.15) is 0 Å². The molecule has 0 amide bonds. The predicted octanol–water partition coefficient (Wildman–Crippen LogP) is 1.84. The quantitative estimate of drug-likeness (QED) is 0.769. The van der Waals surface area contributed by atoms with Crippen molar-refractivity contribution in [3.05, 3.63) is 23.8 Å². The normalized spacial score (nSPS) is 13.3. The molecule has 1 rings (SSSR count). The molecule has 13 heavy (non-hydrogen) atoms. The Morgan fingerprint density at radius 1 is 1.15 bits per heavy atom. The van der Waals surface area contributed by atoms with E-state index in [9.17, 15) is 0 Å². The molecule has 0 saturated heterocycles. The average molecular weight is 179 g/mol. The highest BCUT2D eigenvalue weighted by Crippen LogP contribution is 2.11. The second-order valence-corrected chi connectivity index (χ2v) is 3.57. The third kappa shape index (κ3) is 2.77. The monoisotopic (exact) mass is 179 g/mol. The first-order chi connectivity index (χ1) is 6.11. The van der Waals surface area contributed by atoms with Gasteiger partial charge in [0.25, 0.3) is 0 Å². The molecule has 0 aliphatic rings. The molecule has 1 aromatic rings. The van der Waals surface area contributed by atoms with E-state index in [1.807, 2.05) is 6.92 Å². The lowest BCUT2D eigenvalue weighted by molar-refractivity contribution is 0.494. The van der Waals surface area contributed by atoms with Gasteiger partial charge in [0.2, 0.25) is 0 Å². The summed E-state index contributed by atoms with van der Waals surface area (Å²) in [5.74, 6) is 0. The van der Waals surface area contributed by atoms with Gasteiger partial charge in [-0.2, -0.15) is 0 Å². The van der Waals surface area contributed by atoms with Crippen LogP contribution in [-0.4, -0.2) is 16.0 Å². The highest BCUT2D eigenvalue weighted by atomic mass is 15.0. The fourth-order valence-corrected chi connectivity index (χ4v) is 1.42. The molecule has 0 fully saturated rings. The van der Waals surface area contributed by atoms with Crippen molar-refractivity contribution in [1.82, 2.24) is 15.3 Å². The van der Waals surface area contributed by atoms with Crippen molar-refractivity contribution in [1.29, 1.82) is 0 Å². The summed E-state index contributed by atoms with van der Waals surface area (Å²) in [5, 5.41) is 3.40. The van der Waals surface area contributed by atoms with Crippen LogP contribution in [-0.2, 0) is 0 Å². The van der Waals surface area contributed by atoms with Crippen LogP contribution < -0.4 is 5.32 Å². The number of hydrogen-bond acceptors (Lipinski definition) is 3. The maximum absolute atomic E-state index is 4.31. The van der Waals surface area contributed by atoms with E-state index in [1.54, 1.807) is 12.4 Å². The van der Waals surface area contributed by atoms with Crippen molar-refractivity contribution >= 4 is 0 Å². The van der Waals surface area contributed by atoms with Gasteiger partial charge in [-0.25, -0.2) is 0 Å². The van der Waals surface area contributed by atoms with Crippen molar-refractivity contribution in [2.24, 2.45) is 0 Å². The van der Waals surface area contributed by atoms with Crippen molar-refractivity contribution in [3.63, 3.8) is 0 Å². The van der Waals surface area contributed by atoms with E-state index >= 15 is 0 Å². The van der Waals surface area contributed by atoms with Gasteiger partial charge in [-0.05, 0) is 13.8 Å². The molecule has 1 aromatic heterocycles. The first kappa shape index (κ1) is 10.1. The van der Waals surface area contributed by atoms with Crippen molar-refractivity contribution in [2.75, 3.05) is 0 Å². The molecule has 1 unspecified atom stereocenters. The van der Waals surface area contributed by atoms with Crippen LogP contribution in [0.2, 0.25) is 0 Å². The highest BCUT2D eigenvalue weighted by molar-refractivity contribution is 5.12. The van der Waals surface area contributed by atoms with Gasteiger partial charge in [0, 0.05) is 24.5 Å². The Labute approximate surface area is 79.6 Å². The molecule has 1 heterocycles. The van der Waals surface area contributed by atoms with Crippen LogP contribution in [0.5, 0.6) is 0 Å². The number of aromatic nitrogens is 2. The fourth-order valence-electron chi connectivity index (χ4n) is 1.42. The Balaban J connectivity index is 2.76. The van der Waals surface area contributed by atoms with Gasteiger partial charge in [-0.1, -0.05) is 13.8 Å². The van der Waals surface area contributed by atoms with Crippen LogP contribution in [0.4, 0.5) is 0 Å². The summed E-state index contributed by atoms with van der Waals surface area (Å²) >= 11 is 0. The minimum absolute atomic E-state index is 0.272. The average Bonchev–Trinajstić information content (AvgIpc) is 2.03. The summed E-state index contributed by atoms with van der Waals surface area (Å²) in [7, 11) is 0. The van der Waals surface area contributed by atoms with Crippen LogP contribution in [0.25, 0.3) is 0 Å². The van der Waals surface area contributed by atoms with E-state index in [1.165, 1.54) is 0 Å². The van der Waals surface area contributed by atoms with E-state index in [4.69, 9.17) is 0 Å². The number of hydrogen-bond donors (Lipinski definition) is 1. The molecule has 72 valence electrons. The maximum Gasteiger partial charge on any atom is 0.0782 e. The first-order valence-corrected chi connectivity index (χ1v) is 4.65. The summed E-state index contributed by atoms with van der Waals surface area (Å²) in [4.78, 5) is 8.51. The standard InChI is InChI=1S/C10H17N3/c1-7(2)13-9(4)10-8(3)11-5-6-12-10/h5-7,9,13H,1-4H3. The Bertz CT molecular complexity index is 271. The third-order valence-corrected chi connectivity index (χ3v) is 1.91. The molecule has 0 bridgehead atoms. The Morgan fingerprint density at radius 3 is 2.31 bits per heavy atom. The number of nitrogens with zero attached hydrogens (tertiary/aromatic N) is 2. The third-order valence-electron chi connectivity index (χ3n) is 1.91. The Kier molecular flexibility index (Phi) is 3.37. The molecule has 1 N–H and O–H groups in total. The van der Waals surface area contributed by atoms with E-state index in [2.05, 4.69) is 36.1 Å². The summed E-state index contributed by atoms with van der Waals surface area (Å²) < 4.78 is 0. The largest absolute Gasteiger partial charge is 0.307 e. The molecular formula is C10H17N3. The summed E-state index contributed by atoms with van der Waals surface area (Å²) in [6, 6.07) is 0.741. The Morgan fingerprint density at radius 2 is 1.77 bits per heavy atom. The zero-order chi connectivity index (χ0) is 9.84. The van der Waals surface area contributed by atoms with Gasteiger partial charge in [0.05, 0.1) is 11.4 Å². The number of rotatable bonds is 3. The van der Waals surface area contributed by atoms with Crippen molar-refractivity contribution in [2.45, 2.75) is 39.8 Å². The molecule has 0 saturated carbocycles. The van der Waals surface area contributed by atoms with E-state index in [0.717, 1.165) is 11.4 Å². The molecular weight excluding hydrogens is 162 g/mol. The lowest BCUT2D eigenvalue weighted by Gasteiger charge is -2.17. The van der Waals surface area contributed by atoms with E-state index in [-0.39, 0.29) is 6.04 Å². The minimum atomic E-state index is 0.272. The summed E-state index contributed by atoms with van der Waals surface area (Å²) in [5.41, 5.74) is 2.04. The van der Waals surface area contributed by atoms with Crippen LogP contribution in [0.15, 0.2) is 12.4 Å². The fraction of sp³-hybridized carbons (Fsp3) is 0.600. The minimum Gasteiger partial charge on any atom is -0.307 e. The van der Waals surface area contributed by atoms with Crippen molar-refractivity contribution in [3.8, 4) is 0 Å². The highest BCUT2D eigenvalue weighted by Gasteiger charge is 2.10. The second kappa shape index (κ2) is 4.33. The molecule has 0 aliphatic carbocycles. The Hall–Kier alpha value is -0.960. The zero-order valence-corrected chi connectivity index (χ0v) is 8.70. The van der Waals surface area contributed by atoms with Gasteiger partial charge < -0.3 is 5.32 Å². The molecule has 1 atom stereocenters. The van der Waals surface area contributed by atoms with Gasteiger partial charge >= 0.3 is 0 Å². The zero-order valence-electron chi connectivity index (χ0n) is 8.70. The van der Waals surface area contributed by atoms with Crippen LogP contribution in [0, 0.1) is 6.92 Å². The SMILES string of the molecule is Cc1nccnc1C(C)NC(C)C. The smallest absolute Gasteiger partial charge is 0.0782 e. The predicted molar refractivity (Wildman–Crippen MR) is 53.5 cm³/mol. The van der Waals surface area contributed by atoms with Crippen LogP contribution in [0.1, 0.15) is 38.2 Å². The molecule has 0 spiro atoms. The number of aryl methyl sites for hydroxylation is 1. The van der Waals surface area contributed by atoms with Gasteiger partial charge in [0.15, 0.2) is 0 Å². The molecule has 0 aromatic carbocycles. The topological polar surface area (TPSA) is 37.8 Å². The number of nitrogens with one attached hydrogen (secondary N) is 1. The lowest BCUT2D eigenvalue weighted by Crippen LogP contribution is -2.27. The van der Waals surface area contributed by atoms with E-state index in [0.29, 0.717) is 6.04 Å². The lowest BCUT2D eigenvalue weighted by atomic mass is 10.1. The molecule has 0 aliphatic heterocycles. The molecule has 3 heteroatoms. The van der Waals surface area contributed by atoms with Crippen LogP contribution >= 0.6 is 0 Å². The maximum atomic E-state index is 4.31. The molecule has 3 nitrogen and oxygen atoms in total. The summed E-state index contributed by atoms with van der Waals surface area (Å²) in [6.07, 6.45) is 3.46. The van der Waals surface area contributed by atoms with Crippen LogP contribution in [0.3, 0.4) is 0 Å². The van der Waals surface area contributed by atoms with Crippen molar-refractivity contribution < 1.29 is 0 Å². The first-order valence-electron chi connectivity index (χ1n) is 4.65. The molecule has 0 radical (unpaired) electrons. The van der Waals surface area contributed by atoms with Gasteiger partial charge in [-0.15, -0.1) is 0 Å². The van der Waals surface area contributed by atoms with E-state index < -0.39 is 0 Å². The second-order valence-electron chi connectivity index (χ2n) is 3.57. The van der Waals surface area contributed by atoms with Gasteiger partial charge in [-0.3, -0.25) is 9.97 Å². The summed E-state index contributed by atoms with van der Waals surface area (Å²) in [6.45, 7) is 8.35.